The summed E-state index contributed by atoms with van der Waals surface area (Å²) in [6.07, 6.45) is 1.62. The van der Waals surface area contributed by atoms with Gasteiger partial charge in [-0.3, -0.25) is 0 Å². The minimum absolute atomic E-state index is 0.730. The van der Waals surface area contributed by atoms with Crippen molar-refractivity contribution in [1.29, 1.82) is 0 Å². The molecule has 1 rings (SSSR count). The van der Waals surface area contributed by atoms with Crippen molar-refractivity contribution in [3.8, 4) is 0 Å². The highest BCUT2D eigenvalue weighted by atomic mass is 16.3. The first-order valence-electron chi connectivity index (χ1n) is 4.29. The van der Waals surface area contributed by atoms with E-state index >= 15 is 0 Å². The predicted octanol–water partition coefficient (Wildman–Crippen LogP) is 1.66. The standard InChI is InChI=1S/C11H14O2/c1-2-6-10(12)11(13)9-7-4-3-5-8-9/h2-8,10-13H,1H3/b6-2+/t10-,11+/m1/s1. The fraction of sp³-hybridized carbons (Fsp3) is 0.273. The highest BCUT2D eigenvalue weighted by Gasteiger charge is 2.14. The summed E-state index contributed by atoms with van der Waals surface area (Å²) < 4.78 is 0. The zero-order valence-electron chi connectivity index (χ0n) is 7.59. The molecule has 0 aliphatic heterocycles. The van der Waals surface area contributed by atoms with E-state index in [0.29, 0.717) is 0 Å². The largest absolute Gasteiger partial charge is 0.386 e. The van der Waals surface area contributed by atoms with E-state index in [1.807, 2.05) is 18.2 Å². The quantitative estimate of drug-likeness (QED) is 0.691. The lowest BCUT2D eigenvalue weighted by atomic mass is 10.0. The maximum absolute atomic E-state index is 9.62. The van der Waals surface area contributed by atoms with Gasteiger partial charge in [-0.05, 0) is 12.5 Å². The molecule has 1 aromatic carbocycles. The lowest BCUT2D eigenvalue weighted by Crippen LogP contribution is -2.15. The molecule has 0 fully saturated rings. The zero-order valence-corrected chi connectivity index (χ0v) is 7.59. The van der Waals surface area contributed by atoms with E-state index < -0.39 is 12.2 Å². The van der Waals surface area contributed by atoms with Crippen LogP contribution in [0.3, 0.4) is 0 Å². The molecular formula is C11H14O2. The van der Waals surface area contributed by atoms with Gasteiger partial charge in [-0.2, -0.15) is 0 Å². The van der Waals surface area contributed by atoms with E-state index in [1.165, 1.54) is 0 Å². The summed E-state index contributed by atoms with van der Waals surface area (Å²) in [5.74, 6) is 0. The zero-order chi connectivity index (χ0) is 9.68. The Morgan fingerprint density at radius 1 is 1.15 bits per heavy atom. The summed E-state index contributed by atoms with van der Waals surface area (Å²) in [5, 5.41) is 19.1. The maximum Gasteiger partial charge on any atom is 0.108 e. The van der Waals surface area contributed by atoms with Crippen LogP contribution in [0.5, 0.6) is 0 Å². The second-order valence-electron chi connectivity index (χ2n) is 2.87. The van der Waals surface area contributed by atoms with Crippen LogP contribution in [0.2, 0.25) is 0 Å². The van der Waals surface area contributed by atoms with Crippen LogP contribution in [0.1, 0.15) is 18.6 Å². The van der Waals surface area contributed by atoms with E-state index in [-0.39, 0.29) is 0 Å². The summed E-state index contributed by atoms with van der Waals surface area (Å²) in [5.41, 5.74) is 0.730. The molecule has 0 amide bonds. The molecule has 0 saturated heterocycles. The number of rotatable bonds is 3. The summed E-state index contributed by atoms with van der Waals surface area (Å²) >= 11 is 0. The Balaban J connectivity index is 2.73. The van der Waals surface area contributed by atoms with E-state index in [9.17, 15) is 10.2 Å². The molecule has 0 radical (unpaired) electrons. The molecule has 2 N–H and O–H groups in total. The molecule has 0 aromatic heterocycles. The lowest BCUT2D eigenvalue weighted by molar-refractivity contribution is 0.0482. The molecule has 0 bridgehead atoms. The van der Waals surface area contributed by atoms with Gasteiger partial charge >= 0.3 is 0 Å². The van der Waals surface area contributed by atoms with Crippen LogP contribution < -0.4 is 0 Å². The molecule has 1 aromatic rings. The van der Waals surface area contributed by atoms with E-state index in [0.717, 1.165) is 5.56 Å². The van der Waals surface area contributed by atoms with Crippen LogP contribution in [0.25, 0.3) is 0 Å². The molecule has 0 unspecified atom stereocenters. The third-order valence-electron chi connectivity index (χ3n) is 1.85. The number of hydrogen-bond acceptors (Lipinski definition) is 2. The van der Waals surface area contributed by atoms with Crippen molar-refractivity contribution in [3.63, 3.8) is 0 Å². The average Bonchev–Trinajstić information content (AvgIpc) is 2.18. The van der Waals surface area contributed by atoms with Crippen molar-refractivity contribution in [2.45, 2.75) is 19.1 Å². The number of aliphatic hydroxyl groups is 2. The number of allylic oxidation sites excluding steroid dienone is 1. The second kappa shape index (κ2) is 4.80. The van der Waals surface area contributed by atoms with Gasteiger partial charge in [-0.25, -0.2) is 0 Å². The number of aliphatic hydroxyl groups excluding tert-OH is 2. The molecule has 0 aliphatic carbocycles. The SMILES string of the molecule is C/C=C/[C@@H](O)[C@@H](O)c1ccccc1. The highest BCUT2D eigenvalue weighted by molar-refractivity contribution is 5.19. The number of benzene rings is 1. The first kappa shape index (κ1) is 9.96. The third kappa shape index (κ3) is 2.68. The van der Waals surface area contributed by atoms with Crippen LogP contribution in [-0.2, 0) is 0 Å². The van der Waals surface area contributed by atoms with E-state index in [1.54, 1.807) is 31.2 Å². The van der Waals surface area contributed by atoms with Crippen molar-refractivity contribution < 1.29 is 10.2 Å². The van der Waals surface area contributed by atoms with Gasteiger partial charge in [0, 0.05) is 0 Å². The molecule has 0 aliphatic rings. The average molecular weight is 178 g/mol. The van der Waals surface area contributed by atoms with Crippen molar-refractivity contribution >= 4 is 0 Å². The Labute approximate surface area is 78.2 Å². The fourth-order valence-electron chi connectivity index (χ4n) is 1.15. The topological polar surface area (TPSA) is 40.5 Å². The summed E-state index contributed by atoms with van der Waals surface area (Å²) in [4.78, 5) is 0. The van der Waals surface area contributed by atoms with Crippen LogP contribution >= 0.6 is 0 Å². The van der Waals surface area contributed by atoms with E-state index in [2.05, 4.69) is 0 Å². The van der Waals surface area contributed by atoms with Crippen LogP contribution in [0.15, 0.2) is 42.5 Å². The number of hydrogen-bond donors (Lipinski definition) is 2. The molecule has 70 valence electrons. The van der Waals surface area contributed by atoms with Crippen LogP contribution in [0.4, 0.5) is 0 Å². The summed E-state index contributed by atoms with van der Waals surface area (Å²) in [6.45, 7) is 1.81. The predicted molar refractivity (Wildman–Crippen MR) is 52.2 cm³/mol. The van der Waals surface area contributed by atoms with Crippen molar-refractivity contribution in [2.24, 2.45) is 0 Å². The van der Waals surface area contributed by atoms with Gasteiger partial charge in [0.05, 0.1) is 0 Å². The Hall–Kier alpha value is -1.12. The minimum Gasteiger partial charge on any atom is -0.386 e. The van der Waals surface area contributed by atoms with Gasteiger partial charge in [0.2, 0.25) is 0 Å². The first-order valence-corrected chi connectivity index (χ1v) is 4.29. The Kier molecular flexibility index (Phi) is 3.68. The minimum atomic E-state index is -0.836. The second-order valence-corrected chi connectivity index (χ2v) is 2.87. The van der Waals surface area contributed by atoms with Gasteiger partial charge in [0.25, 0.3) is 0 Å². The molecule has 2 atom stereocenters. The Bertz CT molecular complexity index is 267. The van der Waals surface area contributed by atoms with E-state index in [4.69, 9.17) is 0 Å². The Morgan fingerprint density at radius 3 is 2.31 bits per heavy atom. The lowest BCUT2D eigenvalue weighted by Gasteiger charge is -2.14. The molecule has 0 heterocycles. The molecule has 2 nitrogen and oxygen atoms in total. The Morgan fingerprint density at radius 2 is 1.77 bits per heavy atom. The third-order valence-corrected chi connectivity index (χ3v) is 1.85. The summed E-state index contributed by atoms with van der Waals surface area (Å²) in [7, 11) is 0. The molecule has 2 heteroatoms. The molecular weight excluding hydrogens is 164 g/mol. The van der Waals surface area contributed by atoms with Crippen molar-refractivity contribution in [2.75, 3.05) is 0 Å². The smallest absolute Gasteiger partial charge is 0.108 e. The van der Waals surface area contributed by atoms with Gasteiger partial charge in [0.15, 0.2) is 0 Å². The van der Waals surface area contributed by atoms with Crippen molar-refractivity contribution in [3.05, 3.63) is 48.0 Å². The normalized spacial score (nSPS) is 15.9. The molecule has 0 saturated carbocycles. The van der Waals surface area contributed by atoms with Gasteiger partial charge in [-0.15, -0.1) is 0 Å². The maximum atomic E-state index is 9.62. The van der Waals surface area contributed by atoms with Crippen LogP contribution in [-0.4, -0.2) is 16.3 Å². The van der Waals surface area contributed by atoms with Gasteiger partial charge in [0.1, 0.15) is 12.2 Å². The summed E-state index contributed by atoms with van der Waals surface area (Å²) in [6, 6.07) is 9.12. The van der Waals surface area contributed by atoms with Crippen LogP contribution in [0, 0.1) is 0 Å². The molecule has 13 heavy (non-hydrogen) atoms. The van der Waals surface area contributed by atoms with Gasteiger partial charge < -0.3 is 10.2 Å². The monoisotopic (exact) mass is 178 g/mol. The van der Waals surface area contributed by atoms with Gasteiger partial charge in [-0.1, -0.05) is 42.5 Å². The molecule has 0 spiro atoms. The van der Waals surface area contributed by atoms with Crippen molar-refractivity contribution in [1.82, 2.24) is 0 Å². The first-order chi connectivity index (χ1) is 6.25. The highest BCUT2D eigenvalue weighted by Crippen LogP contribution is 2.16. The fourth-order valence-corrected chi connectivity index (χ4v) is 1.15.